The van der Waals surface area contributed by atoms with Crippen molar-refractivity contribution in [3.63, 3.8) is 0 Å². The van der Waals surface area contributed by atoms with Crippen molar-refractivity contribution >= 4 is 11.6 Å². The van der Waals surface area contributed by atoms with Gasteiger partial charge in [0, 0.05) is 12.2 Å². The van der Waals surface area contributed by atoms with Crippen LogP contribution in [-0.2, 0) is 0 Å². The first kappa shape index (κ1) is 12.7. The topological polar surface area (TPSA) is 84.6 Å². The van der Waals surface area contributed by atoms with Crippen LogP contribution >= 0.6 is 0 Å². The first-order valence-electron chi connectivity index (χ1n) is 6.00. The molecule has 4 N–H and O–H groups in total. The number of benzene rings is 1. The SMILES string of the molecule is COc1ccc(N)cc1C(=O)NCC1CC(O)C1. The molecule has 1 aliphatic carbocycles. The molecular formula is C13H18N2O3. The normalized spacial score (nSPS) is 22.1. The van der Waals surface area contributed by atoms with E-state index in [9.17, 15) is 4.79 Å². The van der Waals surface area contributed by atoms with Crippen LogP contribution in [0.2, 0.25) is 0 Å². The van der Waals surface area contributed by atoms with Crippen molar-refractivity contribution < 1.29 is 14.6 Å². The monoisotopic (exact) mass is 250 g/mol. The zero-order valence-electron chi connectivity index (χ0n) is 10.3. The summed E-state index contributed by atoms with van der Waals surface area (Å²) in [6.45, 7) is 0.577. The number of nitrogens with one attached hydrogen (secondary N) is 1. The molecule has 18 heavy (non-hydrogen) atoms. The molecule has 0 radical (unpaired) electrons. The van der Waals surface area contributed by atoms with Gasteiger partial charge in [-0.05, 0) is 37.0 Å². The Morgan fingerprint density at radius 1 is 1.56 bits per heavy atom. The molecule has 5 heteroatoms. The van der Waals surface area contributed by atoms with E-state index in [0.717, 1.165) is 12.8 Å². The first-order chi connectivity index (χ1) is 8.60. The number of methoxy groups -OCH3 is 1. The molecule has 98 valence electrons. The Morgan fingerprint density at radius 3 is 2.89 bits per heavy atom. The summed E-state index contributed by atoms with van der Waals surface area (Å²) in [5.74, 6) is 0.687. The summed E-state index contributed by atoms with van der Waals surface area (Å²) < 4.78 is 5.13. The van der Waals surface area contributed by atoms with Crippen LogP contribution in [0, 0.1) is 5.92 Å². The van der Waals surface area contributed by atoms with Gasteiger partial charge in [-0.15, -0.1) is 0 Å². The third kappa shape index (κ3) is 2.73. The van der Waals surface area contributed by atoms with Crippen LogP contribution in [-0.4, -0.2) is 30.8 Å². The predicted molar refractivity (Wildman–Crippen MR) is 68.5 cm³/mol. The summed E-state index contributed by atoms with van der Waals surface area (Å²) in [7, 11) is 1.52. The maximum Gasteiger partial charge on any atom is 0.255 e. The molecular weight excluding hydrogens is 232 g/mol. The lowest BCUT2D eigenvalue weighted by Crippen LogP contribution is -2.38. The molecule has 1 aromatic rings. The molecule has 0 heterocycles. The Hall–Kier alpha value is -1.75. The number of hydrogen-bond donors (Lipinski definition) is 3. The van der Waals surface area contributed by atoms with Crippen LogP contribution in [0.4, 0.5) is 5.69 Å². The third-order valence-corrected chi connectivity index (χ3v) is 3.23. The van der Waals surface area contributed by atoms with Gasteiger partial charge in [-0.2, -0.15) is 0 Å². The number of carbonyl (C=O) groups is 1. The minimum Gasteiger partial charge on any atom is -0.496 e. The first-order valence-corrected chi connectivity index (χ1v) is 6.00. The molecule has 1 aliphatic rings. The van der Waals surface area contributed by atoms with Crippen molar-refractivity contribution in [1.82, 2.24) is 5.32 Å². The van der Waals surface area contributed by atoms with E-state index in [2.05, 4.69) is 5.32 Å². The highest BCUT2D eigenvalue weighted by atomic mass is 16.5. The fraction of sp³-hybridized carbons (Fsp3) is 0.462. The third-order valence-electron chi connectivity index (χ3n) is 3.23. The van der Waals surface area contributed by atoms with Crippen molar-refractivity contribution in [3.05, 3.63) is 23.8 Å². The van der Waals surface area contributed by atoms with Crippen LogP contribution in [0.15, 0.2) is 18.2 Å². The number of hydrogen-bond acceptors (Lipinski definition) is 4. The summed E-state index contributed by atoms with van der Waals surface area (Å²) in [5, 5.41) is 12.0. The highest BCUT2D eigenvalue weighted by Gasteiger charge is 2.27. The molecule has 5 nitrogen and oxygen atoms in total. The lowest BCUT2D eigenvalue weighted by atomic mass is 9.82. The number of carbonyl (C=O) groups excluding carboxylic acids is 1. The van der Waals surface area contributed by atoms with Gasteiger partial charge < -0.3 is 20.9 Å². The second-order valence-electron chi connectivity index (χ2n) is 4.66. The average molecular weight is 250 g/mol. The molecule has 0 aromatic heterocycles. The molecule has 0 bridgehead atoms. The Morgan fingerprint density at radius 2 is 2.28 bits per heavy atom. The fourth-order valence-electron chi connectivity index (χ4n) is 2.10. The van der Waals surface area contributed by atoms with Gasteiger partial charge in [-0.1, -0.05) is 0 Å². The van der Waals surface area contributed by atoms with Gasteiger partial charge in [-0.3, -0.25) is 4.79 Å². The Balaban J connectivity index is 1.97. The second-order valence-corrected chi connectivity index (χ2v) is 4.66. The van der Waals surface area contributed by atoms with Crippen LogP contribution in [0.5, 0.6) is 5.75 Å². The minimum absolute atomic E-state index is 0.194. The van der Waals surface area contributed by atoms with Crippen LogP contribution in [0.3, 0.4) is 0 Å². The standard InChI is InChI=1S/C13H18N2O3/c1-18-12-3-2-9(14)6-11(12)13(17)15-7-8-4-10(16)5-8/h2-3,6,8,10,16H,4-5,7,14H2,1H3,(H,15,17). The molecule has 0 spiro atoms. The number of nitrogen functional groups attached to an aromatic ring is 1. The molecule has 0 unspecified atom stereocenters. The highest BCUT2D eigenvalue weighted by molar-refractivity contribution is 5.97. The molecule has 0 atom stereocenters. The van der Waals surface area contributed by atoms with E-state index in [4.69, 9.17) is 15.6 Å². The van der Waals surface area contributed by atoms with E-state index < -0.39 is 0 Å². The molecule has 0 aliphatic heterocycles. The van der Waals surface area contributed by atoms with Gasteiger partial charge in [0.25, 0.3) is 5.91 Å². The summed E-state index contributed by atoms with van der Waals surface area (Å²) in [6, 6.07) is 4.97. The van der Waals surface area contributed by atoms with E-state index in [0.29, 0.717) is 29.5 Å². The maximum absolute atomic E-state index is 12.0. The number of anilines is 1. The molecule has 0 saturated heterocycles. The lowest BCUT2D eigenvalue weighted by Gasteiger charge is -2.31. The van der Waals surface area contributed by atoms with Gasteiger partial charge in [-0.25, -0.2) is 0 Å². The molecule has 1 aromatic carbocycles. The number of amides is 1. The predicted octanol–water partition coefficient (Wildman–Crippen LogP) is 0.778. The summed E-state index contributed by atoms with van der Waals surface area (Å²) >= 11 is 0. The summed E-state index contributed by atoms with van der Waals surface area (Å²) in [4.78, 5) is 12.0. The van der Waals surface area contributed by atoms with E-state index >= 15 is 0 Å². The quantitative estimate of drug-likeness (QED) is 0.689. The Labute approximate surface area is 106 Å². The number of rotatable bonds is 4. The average Bonchev–Trinajstić information content (AvgIpc) is 2.32. The number of nitrogens with two attached hydrogens (primary N) is 1. The zero-order valence-corrected chi connectivity index (χ0v) is 10.3. The van der Waals surface area contributed by atoms with Gasteiger partial charge in [0.2, 0.25) is 0 Å². The highest BCUT2D eigenvalue weighted by Crippen LogP contribution is 2.26. The number of aliphatic hydroxyl groups excluding tert-OH is 1. The van der Waals surface area contributed by atoms with Crippen molar-refractivity contribution in [3.8, 4) is 5.75 Å². The van der Waals surface area contributed by atoms with Crippen molar-refractivity contribution in [2.24, 2.45) is 5.92 Å². The Bertz CT molecular complexity index is 442. The lowest BCUT2D eigenvalue weighted by molar-refractivity contribution is 0.0420. The number of aliphatic hydroxyl groups is 1. The van der Waals surface area contributed by atoms with E-state index in [-0.39, 0.29) is 12.0 Å². The zero-order chi connectivity index (χ0) is 13.1. The fourth-order valence-corrected chi connectivity index (χ4v) is 2.10. The maximum atomic E-state index is 12.0. The van der Waals surface area contributed by atoms with E-state index in [1.807, 2.05) is 0 Å². The van der Waals surface area contributed by atoms with Gasteiger partial charge in [0.15, 0.2) is 0 Å². The largest absolute Gasteiger partial charge is 0.496 e. The summed E-state index contributed by atoms with van der Waals surface area (Å²) in [6.07, 6.45) is 1.32. The smallest absolute Gasteiger partial charge is 0.255 e. The van der Waals surface area contributed by atoms with Gasteiger partial charge >= 0.3 is 0 Å². The van der Waals surface area contributed by atoms with Crippen molar-refractivity contribution in [2.45, 2.75) is 18.9 Å². The molecule has 1 saturated carbocycles. The van der Waals surface area contributed by atoms with Crippen LogP contribution < -0.4 is 15.8 Å². The summed E-state index contributed by atoms with van der Waals surface area (Å²) in [5.41, 5.74) is 6.63. The minimum atomic E-state index is -0.200. The second kappa shape index (κ2) is 5.27. The molecule has 1 fully saturated rings. The molecule has 1 amide bonds. The van der Waals surface area contributed by atoms with E-state index in [1.165, 1.54) is 7.11 Å². The molecule has 2 rings (SSSR count). The van der Waals surface area contributed by atoms with Crippen LogP contribution in [0.1, 0.15) is 23.2 Å². The van der Waals surface area contributed by atoms with Crippen molar-refractivity contribution in [1.29, 1.82) is 0 Å². The van der Waals surface area contributed by atoms with Crippen molar-refractivity contribution in [2.75, 3.05) is 19.4 Å². The van der Waals surface area contributed by atoms with Crippen LogP contribution in [0.25, 0.3) is 0 Å². The van der Waals surface area contributed by atoms with Gasteiger partial charge in [0.1, 0.15) is 5.75 Å². The van der Waals surface area contributed by atoms with Gasteiger partial charge in [0.05, 0.1) is 18.8 Å². The number of ether oxygens (including phenoxy) is 1. The Kier molecular flexibility index (Phi) is 3.72. The van der Waals surface area contributed by atoms with E-state index in [1.54, 1.807) is 18.2 Å².